The van der Waals surface area contributed by atoms with Gasteiger partial charge in [0.05, 0.1) is 11.9 Å². The highest BCUT2D eigenvalue weighted by atomic mass is 32.2. The van der Waals surface area contributed by atoms with E-state index in [1.807, 2.05) is 30.3 Å². The van der Waals surface area contributed by atoms with E-state index in [0.717, 1.165) is 11.8 Å². The van der Waals surface area contributed by atoms with Crippen LogP contribution in [0.5, 0.6) is 0 Å². The van der Waals surface area contributed by atoms with Crippen LogP contribution in [-0.4, -0.2) is 14.7 Å². The van der Waals surface area contributed by atoms with Gasteiger partial charge in [-0.3, -0.25) is 4.72 Å². The first-order chi connectivity index (χ1) is 9.37. The van der Waals surface area contributed by atoms with Gasteiger partial charge in [0.25, 0.3) is 0 Å². The van der Waals surface area contributed by atoms with Crippen molar-refractivity contribution in [2.24, 2.45) is 0 Å². The summed E-state index contributed by atoms with van der Waals surface area (Å²) in [6, 6.07) is 13.9. The molecule has 1 unspecified atom stereocenters. The van der Waals surface area contributed by atoms with Crippen molar-refractivity contribution in [1.82, 2.24) is 0 Å². The van der Waals surface area contributed by atoms with Gasteiger partial charge in [0.15, 0.2) is 0 Å². The topological polar surface area (TPSA) is 46.2 Å². The molecule has 3 nitrogen and oxygen atoms in total. The van der Waals surface area contributed by atoms with Crippen molar-refractivity contribution in [2.75, 3.05) is 11.0 Å². The summed E-state index contributed by atoms with van der Waals surface area (Å²) < 4.78 is 38.2. The summed E-state index contributed by atoms with van der Waals surface area (Å²) in [6.45, 7) is 4.02. The maximum absolute atomic E-state index is 13.9. The molecule has 2 aromatic rings. The zero-order valence-corrected chi connectivity index (χ0v) is 11.8. The number of sulfonamides is 1. The molecular formula is C15H15FNO2S. The minimum Gasteiger partial charge on any atom is -0.281 e. The van der Waals surface area contributed by atoms with Crippen LogP contribution in [0.25, 0.3) is 0 Å². The zero-order chi connectivity index (χ0) is 14.8. The van der Waals surface area contributed by atoms with Crippen molar-refractivity contribution in [3.05, 3.63) is 72.4 Å². The van der Waals surface area contributed by atoms with Crippen molar-refractivity contribution in [2.45, 2.75) is 5.92 Å². The highest BCUT2D eigenvalue weighted by Crippen LogP contribution is 2.26. The highest BCUT2D eigenvalue weighted by molar-refractivity contribution is 7.92. The molecule has 105 valence electrons. The fourth-order valence-electron chi connectivity index (χ4n) is 1.91. The van der Waals surface area contributed by atoms with E-state index in [-0.39, 0.29) is 11.6 Å². The first-order valence-electron chi connectivity index (χ1n) is 6.02. The lowest BCUT2D eigenvalue weighted by molar-refractivity contribution is 0.603. The summed E-state index contributed by atoms with van der Waals surface area (Å²) in [5.41, 5.74) is 1.60. The molecule has 1 radical (unpaired) electrons. The standard InChI is InChI=1S/C15H15FNO2S/c1-11(12-6-4-3-5-7-12)13-8-9-15(14(16)10-13)17-20(2,18)19/h3-11,17H,1H2,2H3. The van der Waals surface area contributed by atoms with E-state index >= 15 is 0 Å². The van der Waals surface area contributed by atoms with Crippen LogP contribution in [0.1, 0.15) is 17.0 Å². The molecule has 0 amide bonds. The number of halogens is 1. The Hall–Kier alpha value is -1.88. The second-order valence-electron chi connectivity index (χ2n) is 4.58. The van der Waals surface area contributed by atoms with E-state index in [1.54, 1.807) is 6.07 Å². The zero-order valence-electron chi connectivity index (χ0n) is 11.0. The second-order valence-corrected chi connectivity index (χ2v) is 6.33. The van der Waals surface area contributed by atoms with Gasteiger partial charge in [0, 0.05) is 5.92 Å². The van der Waals surface area contributed by atoms with Gasteiger partial charge in [0.2, 0.25) is 10.0 Å². The quantitative estimate of drug-likeness (QED) is 0.941. The maximum atomic E-state index is 13.9. The van der Waals surface area contributed by atoms with Gasteiger partial charge in [-0.1, -0.05) is 36.4 Å². The molecule has 0 heterocycles. The molecule has 0 aromatic heterocycles. The lowest BCUT2D eigenvalue weighted by atomic mass is 9.93. The smallest absolute Gasteiger partial charge is 0.229 e. The van der Waals surface area contributed by atoms with Crippen molar-refractivity contribution in [1.29, 1.82) is 0 Å². The van der Waals surface area contributed by atoms with Gasteiger partial charge < -0.3 is 0 Å². The van der Waals surface area contributed by atoms with Crippen molar-refractivity contribution >= 4 is 15.7 Å². The van der Waals surface area contributed by atoms with Crippen molar-refractivity contribution in [3.63, 3.8) is 0 Å². The van der Waals surface area contributed by atoms with Crippen molar-refractivity contribution in [3.8, 4) is 0 Å². The molecule has 5 heteroatoms. The van der Waals surface area contributed by atoms with E-state index < -0.39 is 15.8 Å². The van der Waals surface area contributed by atoms with Gasteiger partial charge in [-0.25, -0.2) is 12.8 Å². The van der Waals surface area contributed by atoms with Crippen LogP contribution in [-0.2, 0) is 10.0 Å². The third kappa shape index (κ3) is 3.57. The molecule has 2 rings (SSSR count). The Balaban J connectivity index is 2.30. The third-order valence-electron chi connectivity index (χ3n) is 2.89. The van der Waals surface area contributed by atoms with Crippen LogP contribution in [0.4, 0.5) is 10.1 Å². The second kappa shape index (κ2) is 5.63. The van der Waals surface area contributed by atoms with Crippen LogP contribution in [0.2, 0.25) is 0 Å². The Bertz CT molecular complexity index is 699. The average molecular weight is 292 g/mol. The van der Waals surface area contributed by atoms with Crippen LogP contribution < -0.4 is 4.72 Å². The van der Waals surface area contributed by atoms with Crippen LogP contribution in [0.15, 0.2) is 48.5 Å². The fraction of sp³-hybridized carbons (Fsp3) is 0.133. The Morgan fingerprint density at radius 1 is 1.10 bits per heavy atom. The number of anilines is 1. The van der Waals surface area contributed by atoms with Gasteiger partial charge in [0.1, 0.15) is 5.82 Å². The fourth-order valence-corrected chi connectivity index (χ4v) is 2.47. The number of benzene rings is 2. The van der Waals surface area contributed by atoms with E-state index in [2.05, 4.69) is 11.6 Å². The molecule has 2 aromatic carbocycles. The molecule has 20 heavy (non-hydrogen) atoms. The van der Waals surface area contributed by atoms with Gasteiger partial charge in [-0.05, 0) is 30.2 Å². The molecule has 0 spiro atoms. The molecular weight excluding hydrogens is 277 g/mol. The summed E-state index contributed by atoms with van der Waals surface area (Å²) in [4.78, 5) is 0. The number of rotatable bonds is 4. The first kappa shape index (κ1) is 14.5. The van der Waals surface area contributed by atoms with Crippen LogP contribution >= 0.6 is 0 Å². The Morgan fingerprint density at radius 2 is 1.75 bits per heavy atom. The molecule has 0 aliphatic rings. The van der Waals surface area contributed by atoms with E-state index in [0.29, 0.717) is 5.56 Å². The first-order valence-corrected chi connectivity index (χ1v) is 7.91. The predicted octanol–water partition coefficient (Wildman–Crippen LogP) is 3.16. The molecule has 0 saturated carbocycles. The molecule has 0 aliphatic carbocycles. The summed E-state index contributed by atoms with van der Waals surface area (Å²) in [7, 11) is -3.49. The van der Waals surface area contributed by atoms with E-state index in [9.17, 15) is 12.8 Å². The molecule has 1 N–H and O–H groups in total. The summed E-state index contributed by atoms with van der Waals surface area (Å²) in [5.74, 6) is -0.824. The highest BCUT2D eigenvalue weighted by Gasteiger charge is 2.12. The Labute approximate surface area is 118 Å². The van der Waals surface area contributed by atoms with Gasteiger partial charge >= 0.3 is 0 Å². The monoisotopic (exact) mass is 292 g/mol. The minimum atomic E-state index is -3.49. The molecule has 0 aliphatic heterocycles. The van der Waals surface area contributed by atoms with Crippen LogP contribution in [0, 0.1) is 12.7 Å². The van der Waals surface area contributed by atoms with Gasteiger partial charge in [-0.2, -0.15) is 0 Å². The SMILES string of the molecule is [CH2]C(c1ccccc1)c1ccc(NS(C)(=O)=O)c(F)c1. The predicted molar refractivity (Wildman–Crippen MR) is 78.5 cm³/mol. The van der Waals surface area contributed by atoms with Crippen molar-refractivity contribution < 1.29 is 12.8 Å². The van der Waals surface area contributed by atoms with E-state index in [1.165, 1.54) is 12.1 Å². The molecule has 1 atom stereocenters. The normalized spacial score (nSPS) is 12.9. The third-order valence-corrected chi connectivity index (χ3v) is 3.48. The Morgan fingerprint density at radius 3 is 2.30 bits per heavy atom. The summed E-state index contributed by atoms with van der Waals surface area (Å²) in [6.07, 6.45) is 0.981. The largest absolute Gasteiger partial charge is 0.281 e. The van der Waals surface area contributed by atoms with Gasteiger partial charge in [-0.15, -0.1) is 0 Å². The number of hydrogen-bond donors (Lipinski definition) is 1. The number of nitrogens with one attached hydrogen (secondary N) is 1. The molecule has 0 fully saturated rings. The summed E-state index contributed by atoms with van der Waals surface area (Å²) in [5, 5.41) is 0. The molecule has 0 saturated heterocycles. The lowest BCUT2D eigenvalue weighted by Crippen LogP contribution is -2.11. The lowest BCUT2D eigenvalue weighted by Gasteiger charge is -2.14. The van der Waals surface area contributed by atoms with E-state index in [4.69, 9.17) is 0 Å². The average Bonchev–Trinajstić information content (AvgIpc) is 2.40. The summed E-state index contributed by atoms with van der Waals surface area (Å²) >= 11 is 0. The minimum absolute atomic E-state index is 0.0588. The Kier molecular flexibility index (Phi) is 4.09. The van der Waals surface area contributed by atoms with Crippen LogP contribution in [0.3, 0.4) is 0 Å². The molecule has 0 bridgehead atoms. The maximum Gasteiger partial charge on any atom is 0.229 e. The number of hydrogen-bond acceptors (Lipinski definition) is 2.